The fraction of sp³-hybridized carbons (Fsp3) is 0.105. The molecule has 15 N–H and O–H groups in total. The van der Waals surface area contributed by atoms with Crippen LogP contribution in [0.3, 0.4) is 0 Å². The van der Waals surface area contributed by atoms with Gasteiger partial charge in [-0.25, -0.2) is 24.9 Å². The van der Waals surface area contributed by atoms with Crippen molar-refractivity contribution in [2.24, 2.45) is 0 Å². The molecule has 0 atom stereocenters. The van der Waals surface area contributed by atoms with Gasteiger partial charge in [-0.1, -0.05) is 90.8 Å². The van der Waals surface area contributed by atoms with E-state index in [2.05, 4.69) is 30.2 Å². The van der Waals surface area contributed by atoms with Gasteiger partial charge in [0.25, 0.3) is 29.5 Å². The number of aryl methyl sites for hydroxylation is 5. The number of pyridine rings is 5. The summed E-state index contributed by atoms with van der Waals surface area (Å²) < 4.78 is 234. The van der Waals surface area contributed by atoms with Gasteiger partial charge in [-0.3, -0.25) is 47.9 Å². The summed E-state index contributed by atoms with van der Waals surface area (Å²) in [6, 6.07) is 31.0. The van der Waals surface area contributed by atoms with Crippen LogP contribution in [0.25, 0.3) is 53.9 Å². The third kappa shape index (κ3) is 24.3. The summed E-state index contributed by atoms with van der Waals surface area (Å²) >= 11 is 0. The second-order valence-corrected chi connectivity index (χ2v) is 25.7. The predicted molar refractivity (Wildman–Crippen MR) is 473 cm³/mol. The molecule has 0 bridgehead atoms. The summed E-state index contributed by atoms with van der Waals surface area (Å²) in [4.78, 5) is 135. The van der Waals surface area contributed by atoms with E-state index < -0.39 is 198 Å². The quantitative estimate of drug-likeness (QED) is 0.0253. The number of aromatic nitrogens is 5. The lowest BCUT2D eigenvalue weighted by Crippen LogP contribution is -2.30. The molecular weight excluding hydrogens is 1680 g/mol. The topological polar surface area (TPSA) is 544 Å². The zero-order valence-corrected chi connectivity index (χ0v) is 66.7. The van der Waals surface area contributed by atoms with E-state index in [1.54, 1.807) is 53.2 Å². The van der Waals surface area contributed by atoms with Crippen molar-refractivity contribution in [2.75, 3.05) is 32.5 Å². The molecule has 0 spiro atoms. The molecule has 0 unspecified atom stereocenters. The van der Waals surface area contributed by atoms with Gasteiger partial charge in [-0.05, 0) is 186 Å². The molecule has 0 radical (unpaired) electrons. The van der Waals surface area contributed by atoms with Crippen LogP contribution in [0.4, 0.5) is 0 Å². The number of carbonyl (C=O) groups excluding carboxylic acids is 5. The minimum atomic E-state index is -3.21. The maximum atomic E-state index is 12.4. The highest BCUT2D eigenvalue weighted by Crippen LogP contribution is 2.40. The molecule has 35 heteroatoms. The number of aliphatic carboxylic acids is 5. The molecule has 0 saturated heterocycles. The molecule has 0 aliphatic heterocycles. The largest absolute Gasteiger partial charge is 0.505 e. The number of amides is 5. The van der Waals surface area contributed by atoms with Crippen molar-refractivity contribution >= 4 is 113 Å². The molecule has 15 aromatic rings. The second-order valence-electron chi connectivity index (χ2n) is 25.7. The average molecular weight is 1790 g/mol. The molecule has 35 nitrogen and oxygen atoms in total. The van der Waals surface area contributed by atoms with E-state index in [1.165, 1.54) is 122 Å². The predicted octanol–water partition coefficient (Wildman–Crippen LogP) is 14.3. The molecule has 0 aliphatic rings. The van der Waals surface area contributed by atoms with Crippen LogP contribution in [0.1, 0.15) is 118 Å². The normalized spacial score (nSPS) is 14.0. The monoisotopic (exact) mass is 1790 g/mol. The molecule has 5 amide bonds. The lowest BCUT2D eigenvalue weighted by molar-refractivity contribution is -0.136. The van der Waals surface area contributed by atoms with Crippen LogP contribution in [-0.4, -0.2) is 168 Å². The van der Waals surface area contributed by atoms with E-state index >= 15 is 0 Å². The van der Waals surface area contributed by atoms with Crippen molar-refractivity contribution in [3.05, 3.63) is 299 Å². The van der Waals surface area contributed by atoms with Crippen molar-refractivity contribution in [2.45, 2.75) is 34.5 Å². The SMILES string of the molecule is [2H]Cc1nc(C(=O)NCC(=O)O)c(O)c2ccc(Oc3c([2H])cc([2H])cc3[2H])cc12.[2H]c1c([2H])c([2H])c(Oc2ccc3c(O)c(C(=O)NC([2H])([2H])C(=O)O)nc(C)c3c2)c([2H])c1[2H].[2H]c1cc([2H])c(Oc2ccc3c(O)c(C(=O)NC([2H])([2H])C(=O)O)nc(C([2H])([2H])[2H])c3c2)c([2H])c1.[2H]c1cc([2H])c(Oc2ccc3c(O)c(C(=O)NC([2H])([2H])C(=O)O)nc(C)c3c2)c([2H])c1.[2H]c1cccc(Oc2ccc3c(O)c(C(=O)NC([2H])([2H])C(=O)O)nc(C)c3c2)c1. The van der Waals surface area contributed by atoms with E-state index in [-0.39, 0.29) is 162 Å². The van der Waals surface area contributed by atoms with Gasteiger partial charge in [-0.2, -0.15) is 0 Å². The molecule has 5 aromatic heterocycles. The van der Waals surface area contributed by atoms with Gasteiger partial charge in [0.1, 0.15) is 90.0 Å². The van der Waals surface area contributed by atoms with Crippen LogP contribution in [-0.2, 0) is 24.0 Å². The third-order valence-electron chi connectivity index (χ3n) is 17.0. The lowest BCUT2D eigenvalue weighted by atomic mass is 10.1. The van der Waals surface area contributed by atoms with E-state index in [0.717, 1.165) is 18.2 Å². The first kappa shape index (κ1) is 62.1. The van der Waals surface area contributed by atoms with Gasteiger partial charge >= 0.3 is 29.8 Å². The zero-order chi connectivity index (χ0) is 117. The molecule has 660 valence electrons. The first-order valence-corrected chi connectivity index (χ1v) is 36.6. The Bertz CT molecular complexity index is 8320. The standard InChI is InChI=1S/5C19H16N2O5/c5*1-11-15-9-13(26-12-5-3-2-4-6-12)7-8-14(15)18(24)17(21-11)19(25)20-10-16(22)23/h5*2-9,24H,10H2,1H3,(H,20,25)(H,22,23)/i2D,3D,4D,5D,6D,10D2;1D3,2D,5D,6D,10D2;2D,5D,6D,10D2;1D,2D,5D,6D;3D,10D2. The summed E-state index contributed by atoms with van der Waals surface area (Å²) in [6.07, 6.45) is 0. The molecule has 0 fully saturated rings. The number of hydrogen-bond acceptors (Lipinski definition) is 25. The van der Waals surface area contributed by atoms with Crippen molar-refractivity contribution in [3.63, 3.8) is 0 Å². The van der Waals surface area contributed by atoms with Crippen molar-refractivity contribution in [3.8, 4) is 86.2 Å². The van der Waals surface area contributed by atoms with Gasteiger partial charge in [0.15, 0.2) is 57.2 Å². The highest BCUT2D eigenvalue weighted by Gasteiger charge is 2.26. The van der Waals surface area contributed by atoms with Gasteiger partial charge in [-0.15, -0.1) is 0 Å². The summed E-state index contributed by atoms with van der Waals surface area (Å²) in [6.45, 7) is -11.7. The Labute approximate surface area is 775 Å². The van der Waals surface area contributed by atoms with Crippen LogP contribution in [0.15, 0.2) is 242 Å². The van der Waals surface area contributed by atoms with Crippen LogP contribution < -0.4 is 50.3 Å². The van der Waals surface area contributed by atoms with Gasteiger partial charge in [0, 0.05) is 87.8 Å². The number of para-hydroxylation sites is 5. The van der Waals surface area contributed by atoms with E-state index in [1.807, 2.05) is 0 Å². The smallest absolute Gasteiger partial charge is 0.322 e. The number of benzene rings is 10. The Balaban J connectivity index is 0.000000185. The first-order chi connectivity index (χ1) is 73.1. The second kappa shape index (κ2) is 42.8. The van der Waals surface area contributed by atoms with Gasteiger partial charge in [0.05, 0.1) is 31.5 Å². The van der Waals surface area contributed by atoms with E-state index in [0.29, 0.717) is 33.4 Å². The fourth-order valence-electron chi connectivity index (χ4n) is 11.4. The van der Waals surface area contributed by atoms with Crippen LogP contribution >= 0.6 is 0 Å². The average Bonchev–Trinajstić information content (AvgIpc) is 0.743. The Morgan fingerprint density at radius 1 is 0.285 bits per heavy atom. The molecule has 0 aliphatic carbocycles. The highest BCUT2D eigenvalue weighted by molar-refractivity contribution is 6.08. The molecule has 130 heavy (non-hydrogen) atoms. The fourth-order valence-corrected chi connectivity index (χ4v) is 11.4. The number of rotatable bonds is 25. The molecule has 15 rings (SSSR count). The summed E-state index contributed by atoms with van der Waals surface area (Å²) in [5, 5.41) is 107. The van der Waals surface area contributed by atoms with Crippen molar-refractivity contribution in [1.29, 1.82) is 0 Å². The minimum absolute atomic E-state index is 0.00362. The number of nitrogens with one attached hydrogen (secondary N) is 5. The lowest BCUT2D eigenvalue weighted by Gasteiger charge is -2.12. The number of carbonyl (C=O) groups is 10. The number of carboxylic acids is 5. The van der Waals surface area contributed by atoms with Crippen LogP contribution in [0, 0.1) is 34.5 Å². The van der Waals surface area contributed by atoms with Crippen LogP contribution in [0.5, 0.6) is 86.2 Å². The molecule has 10 aromatic carbocycles. The summed E-state index contributed by atoms with van der Waals surface area (Å²) in [5.74, 6) is -17.3. The third-order valence-corrected chi connectivity index (χ3v) is 17.0. The Morgan fingerprint density at radius 3 is 0.838 bits per heavy atom. The summed E-state index contributed by atoms with van der Waals surface area (Å²) in [5.41, 5.74) is -2.64. The highest BCUT2D eigenvalue weighted by atomic mass is 16.5. The molecule has 5 heterocycles. The maximum absolute atomic E-state index is 12.4. The number of carboxylic acid groups (broad SMARTS) is 5. The first-order valence-electron chi connectivity index (χ1n) is 50.3. The van der Waals surface area contributed by atoms with Crippen molar-refractivity contribution < 1.29 is 160 Å². The minimum Gasteiger partial charge on any atom is -0.505 e. The molecule has 0 saturated carbocycles. The number of ether oxygens (including phenoxy) is 5. The van der Waals surface area contributed by atoms with Gasteiger partial charge in [0.2, 0.25) is 0 Å². The maximum Gasteiger partial charge on any atom is 0.322 e. The number of hydrogen-bond donors (Lipinski definition) is 15. The van der Waals surface area contributed by atoms with Crippen LogP contribution in [0.2, 0.25) is 0 Å². The van der Waals surface area contributed by atoms with Crippen molar-refractivity contribution in [1.82, 2.24) is 51.5 Å². The molecular formula is C95H80N10O25. The summed E-state index contributed by atoms with van der Waals surface area (Å²) in [7, 11) is 0. The number of nitrogens with zero attached hydrogens (tertiary/aromatic N) is 5. The number of aromatic hydroxyl groups is 5. The van der Waals surface area contributed by atoms with E-state index in [9.17, 15) is 73.5 Å². The zero-order valence-electron chi connectivity index (χ0n) is 93.7. The Morgan fingerprint density at radius 2 is 0.554 bits per heavy atom. The van der Waals surface area contributed by atoms with E-state index in [4.69, 9.17) is 86.2 Å². The van der Waals surface area contributed by atoms with Gasteiger partial charge < -0.3 is 101 Å². The Kier molecular flexibility index (Phi) is 20.5. The Hall–Kier alpha value is -18.1. The number of fused-ring (bicyclic) bond motifs is 5.